The molecular formula is C18H21N5O6S. The molecule has 1 saturated heterocycles. The lowest BCUT2D eigenvalue weighted by atomic mass is 10.1. The first-order chi connectivity index (χ1) is 14.5. The Morgan fingerprint density at radius 3 is 2.77 bits per heavy atom. The van der Waals surface area contributed by atoms with Crippen molar-refractivity contribution in [3.8, 4) is 0 Å². The zero-order chi connectivity index (χ0) is 21.3. The second-order valence-corrected chi connectivity index (χ2v) is 8.06. The van der Waals surface area contributed by atoms with E-state index in [9.17, 15) is 25.4 Å². The van der Waals surface area contributed by atoms with E-state index in [2.05, 4.69) is 15.3 Å². The number of aliphatic hydroxyl groups excluding tert-OH is 3. The van der Waals surface area contributed by atoms with Gasteiger partial charge in [0.1, 0.15) is 29.8 Å². The topological polar surface area (TPSA) is 155 Å². The predicted molar refractivity (Wildman–Crippen MR) is 109 cm³/mol. The Labute approximate surface area is 175 Å². The van der Waals surface area contributed by atoms with Gasteiger partial charge in [0.15, 0.2) is 6.23 Å². The lowest BCUT2D eigenvalue weighted by Gasteiger charge is -2.19. The molecule has 1 unspecified atom stereocenters. The third-order valence-electron chi connectivity index (χ3n) is 5.02. The molecule has 2 aliphatic heterocycles. The van der Waals surface area contributed by atoms with Gasteiger partial charge in [-0.3, -0.25) is 19.7 Å². The number of benzene rings is 1. The molecule has 1 fully saturated rings. The molecule has 30 heavy (non-hydrogen) atoms. The molecule has 4 rings (SSSR count). The van der Waals surface area contributed by atoms with Crippen molar-refractivity contribution in [3.63, 3.8) is 0 Å². The van der Waals surface area contributed by atoms with E-state index in [0.29, 0.717) is 23.0 Å². The number of rotatable bonds is 6. The van der Waals surface area contributed by atoms with Gasteiger partial charge < -0.3 is 25.4 Å². The Hall–Kier alpha value is -2.51. The summed E-state index contributed by atoms with van der Waals surface area (Å²) in [6.07, 6.45) is -1.73. The summed E-state index contributed by atoms with van der Waals surface area (Å²) >= 11 is 1.49. The highest BCUT2D eigenvalue weighted by Gasteiger charge is 2.44. The van der Waals surface area contributed by atoms with Crippen LogP contribution >= 0.6 is 11.8 Å². The smallest absolute Gasteiger partial charge is 0.269 e. The van der Waals surface area contributed by atoms with E-state index < -0.39 is 35.6 Å². The van der Waals surface area contributed by atoms with Gasteiger partial charge in [-0.25, -0.2) is 4.98 Å². The predicted octanol–water partition coefficient (Wildman–Crippen LogP) is 0.831. The largest absolute Gasteiger partial charge is 0.387 e. The van der Waals surface area contributed by atoms with E-state index in [1.807, 2.05) is 0 Å². The Bertz CT molecular complexity index is 936. The first-order valence-electron chi connectivity index (χ1n) is 9.28. The van der Waals surface area contributed by atoms with Crippen molar-refractivity contribution in [3.05, 3.63) is 52.0 Å². The standard InChI is InChI=1S/C18H21N5O6S/c24-12-5-19-8-20-17-14(12)21-9-22(17)18-16(26)15(25)13(29-18)7-30-6-10-1-3-11(4-2-10)23(27)28/h1-4,8-9,12-13,15-16,18,24-26H,5-7H2,(H,19,20)/t12-,13+,15+,16+,18?/m0/s1. The summed E-state index contributed by atoms with van der Waals surface area (Å²) in [5.41, 5.74) is 1.34. The van der Waals surface area contributed by atoms with Crippen molar-refractivity contribution in [2.45, 2.75) is 36.4 Å². The average molecular weight is 435 g/mol. The maximum Gasteiger partial charge on any atom is 0.269 e. The van der Waals surface area contributed by atoms with Crippen molar-refractivity contribution in [2.75, 3.05) is 17.6 Å². The van der Waals surface area contributed by atoms with Gasteiger partial charge in [0.2, 0.25) is 0 Å². The first kappa shape index (κ1) is 20.8. The van der Waals surface area contributed by atoms with Crippen LogP contribution in [0.5, 0.6) is 0 Å². The van der Waals surface area contributed by atoms with Gasteiger partial charge in [0.25, 0.3) is 5.69 Å². The van der Waals surface area contributed by atoms with Crippen LogP contribution in [0.4, 0.5) is 11.5 Å². The zero-order valence-electron chi connectivity index (χ0n) is 15.7. The minimum absolute atomic E-state index is 0.0347. The Morgan fingerprint density at radius 1 is 1.27 bits per heavy atom. The number of thioether (sulfide) groups is 1. The number of fused-ring (bicyclic) bond motifs is 1. The van der Waals surface area contributed by atoms with Crippen LogP contribution in [0, 0.1) is 10.1 Å². The second kappa shape index (κ2) is 8.70. The van der Waals surface area contributed by atoms with Crippen LogP contribution in [0.25, 0.3) is 0 Å². The fourth-order valence-corrected chi connectivity index (χ4v) is 4.46. The minimum Gasteiger partial charge on any atom is -0.387 e. The molecule has 2 aliphatic rings. The molecule has 4 N–H and O–H groups in total. The van der Waals surface area contributed by atoms with Crippen LogP contribution in [0.1, 0.15) is 23.6 Å². The third-order valence-corrected chi connectivity index (χ3v) is 6.12. The summed E-state index contributed by atoms with van der Waals surface area (Å²) in [4.78, 5) is 18.5. The molecular weight excluding hydrogens is 414 g/mol. The summed E-state index contributed by atoms with van der Waals surface area (Å²) in [6, 6.07) is 6.28. The van der Waals surface area contributed by atoms with Crippen LogP contribution in [0.2, 0.25) is 0 Å². The molecule has 2 aromatic rings. The summed E-state index contributed by atoms with van der Waals surface area (Å²) in [7, 11) is 0. The normalized spacial score (nSPS) is 28.0. The quantitative estimate of drug-likeness (QED) is 0.381. The molecule has 3 heterocycles. The molecule has 1 aromatic heterocycles. The molecule has 12 heteroatoms. The van der Waals surface area contributed by atoms with Gasteiger partial charge in [0, 0.05) is 23.6 Å². The average Bonchev–Trinajstić information content (AvgIpc) is 3.21. The van der Waals surface area contributed by atoms with Gasteiger partial charge in [-0.05, 0) is 5.56 Å². The number of hydrogen-bond donors (Lipinski definition) is 4. The van der Waals surface area contributed by atoms with Gasteiger partial charge in [-0.2, -0.15) is 11.8 Å². The van der Waals surface area contributed by atoms with E-state index in [1.165, 1.54) is 36.6 Å². The van der Waals surface area contributed by atoms with Gasteiger partial charge in [0.05, 0.1) is 30.2 Å². The summed E-state index contributed by atoms with van der Waals surface area (Å²) < 4.78 is 7.45. The lowest BCUT2D eigenvalue weighted by molar-refractivity contribution is -0.384. The molecule has 0 bridgehead atoms. The van der Waals surface area contributed by atoms with Crippen LogP contribution in [-0.2, 0) is 10.5 Å². The number of non-ortho nitro benzene ring substituents is 1. The van der Waals surface area contributed by atoms with Crippen molar-refractivity contribution in [1.82, 2.24) is 9.55 Å². The zero-order valence-corrected chi connectivity index (χ0v) is 16.6. The fraction of sp³-hybridized carbons (Fsp3) is 0.444. The number of nitro benzene ring substituents is 1. The van der Waals surface area contributed by atoms with E-state index in [4.69, 9.17) is 4.74 Å². The Balaban J connectivity index is 1.39. The molecule has 160 valence electrons. The maximum atomic E-state index is 10.7. The number of nitrogens with one attached hydrogen (secondary N) is 1. The number of ether oxygens (including phenoxy) is 1. The van der Waals surface area contributed by atoms with Crippen LogP contribution in [0.15, 0.2) is 35.6 Å². The highest BCUT2D eigenvalue weighted by molar-refractivity contribution is 7.98. The van der Waals surface area contributed by atoms with Crippen molar-refractivity contribution in [2.24, 2.45) is 4.99 Å². The maximum absolute atomic E-state index is 10.7. The third kappa shape index (κ3) is 4.04. The van der Waals surface area contributed by atoms with Gasteiger partial charge in [-0.1, -0.05) is 12.1 Å². The van der Waals surface area contributed by atoms with Crippen LogP contribution in [-0.4, -0.2) is 66.7 Å². The summed E-state index contributed by atoms with van der Waals surface area (Å²) in [5.74, 6) is 1.45. The molecule has 11 nitrogen and oxygen atoms in total. The van der Waals surface area contributed by atoms with Crippen LogP contribution < -0.4 is 5.32 Å². The summed E-state index contributed by atoms with van der Waals surface area (Å²) in [5, 5.41) is 44.7. The molecule has 0 saturated carbocycles. The fourth-order valence-electron chi connectivity index (χ4n) is 3.41. The molecule has 0 radical (unpaired) electrons. The van der Waals surface area contributed by atoms with Crippen LogP contribution in [0.3, 0.4) is 0 Å². The SMILES string of the molecule is O=[N+]([O-])c1ccc(CSC[C@H]2OC(n3cnc4c3NC=NC[C@@H]4O)[C@H](O)[C@@H]2O)cc1. The molecule has 1 aromatic carbocycles. The van der Waals surface area contributed by atoms with Gasteiger partial charge >= 0.3 is 0 Å². The molecule has 5 atom stereocenters. The van der Waals surface area contributed by atoms with E-state index in [0.717, 1.165) is 5.56 Å². The number of aliphatic hydroxyl groups is 3. The van der Waals surface area contributed by atoms with Crippen molar-refractivity contribution < 1.29 is 25.0 Å². The van der Waals surface area contributed by atoms with E-state index in [-0.39, 0.29) is 12.2 Å². The monoisotopic (exact) mass is 435 g/mol. The number of hydrogen-bond acceptors (Lipinski definition) is 10. The first-order valence-corrected chi connectivity index (χ1v) is 10.4. The van der Waals surface area contributed by atoms with Crippen molar-refractivity contribution >= 4 is 29.6 Å². The number of anilines is 1. The molecule has 0 spiro atoms. The number of nitrogens with zero attached hydrogens (tertiary/aromatic N) is 4. The highest BCUT2D eigenvalue weighted by atomic mass is 32.2. The Morgan fingerprint density at radius 2 is 2.03 bits per heavy atom. The second-order valence-electron chi connectivity index (χ2n) is 7.03. The minimum atomic E-state index is -1.17. The number of aliphatic imine (C=N–C) groups is 1. The number of nitro groups is 1. The molecule has 0 aliphatic carbocycles. The molecule has 0 amide bonds. The Kier molecular flexibility index (Phi) is 6.01. The van der Waals surface area contributed by atoms with Gasteiger partial charge in [-0.15, -0.1) is 0 Å². The summed E-state index contributed by atoms with van der Waals surface area (Å²) in [6.45, 7) is 0.176. The van der Waals surface area contributed by atoms with Crippen molar-refractivity contribution in [1.29, 1.82) is 0 Å². The van der Waals surface area contributed by atoms with E-state index >= 15 is 0 Å². The highest BCUT2D eigenvalue weighted by Crippen LogP contribution is 2.36. The number of imidazole rings is 1. The van der Waals surface area contributed by atoms with E-state index in [1.54, 1.807) is 16.7 Å². The lowest BCUT2D eigenvalue weighted by Crippen LogP contribution is -2.32. The number of aromatic nitrogens is 2.